The van der Waals surface area contributed by atoms with Crippen molar-refractivity contribution in [2.75, 3.05) is 44.4 Å². The molecule has 2 aromatic carbocycles. The summed E-state index contributed by atoms with van der Waals surface area (Å²) in [5.74, 6) is -1.16. The van der Waals surface area contributed by atoms with Crippen molar-refractivity contribution in [1.29, 1.82) is 0 Å². The van der Waals surface area contributed by atoms with Gasteiger partial charge in [0.25, 0.3) is 0 Å². The molecule has 1 aromatic heterocycles. The van der Waals surface area contributed by atoms with E-state index in [4.69, 9.17) is 4.74 Å². The number of carbonyl (C=O) groups excluding carboxylic acids is 1. The van der Waals surface area contributed by atoms with Crippen molar-refractivity contribution in [1.82, 2.24) is 9.88 Å². The first-order valence-corrected chi connectivity index (χ1v) is 12.1. The topological polar surface area (TPSA) is 79.8 Å². The quantitative estimate of drug-likeness (QED) is 0.452. The van der Waals surface area contributed by atoms with Crippen LogP contribution in [0.1, 0.15) is 6.92 Å². The van der Waals surface area contributed by atoms with Crippen molar-refractivity contribution in [2.24, 2.45) is 0 Å². The number of fused-ring (bicyclic) bond motifs is 1. The molecule has 0 radical (unpaired) electrons. The minimum absolute atomic E-state index is 0.0968. The standard InChI is InChI=1S/C21H24FN3O4S2/c1-4-29-16-7-10-18-19(13-16)30-21(23-18)25(12-11-24(2)3)20(26)14-31(27,28)17-8-5-15(22)6-9-17/h5-10,13H,4,11-12,14H2,1-3H3. The van der Waals surface area contributed by atoms with Crippen LogP contribution in [0.3, 0.4) is 0 Å². The average molecular weight is 466 g/mol. The Kier molecular flexibility index (Phi) is 7.24. The Bertz CT molecular complexity index is 1160. The van der Waals surface area contributed by atoms with Crippen LogP contribution in [-0.4, -0.2) is 63.8 Å². The second-order valence-corrected chi connectivity index (χ2v) is 10.1. The number of benzene rings is 2. The Labute approximate surface area is 185 Å². The summed E-state index contributed by atoms with van der Waals surface area (Å²) in [5, 5.41) is 0.421. The molecule has 0 atom stereocenters. The van der Waals surface area contributed by atoms with E-state index in [-0.39, 0.29) is 11.4 Å². The molecule has 0 fully saturated rings. The molecule has 0 aliphatic carbocycles. The van der Waals surface area contributed by atoms with E-state index in [1.54, 1.807) is 6.07 Å². The minimum Gasteiger partial charge on any atom is -0.494 e. The predicted octanol–water partition coefficient (Wildman–Crippen LogP) is 3.20. The number of ether oxygens (including phenoxy) is 1. The van der Waals surface area contributed by atoms with Gasteiger partial charge in [0.1, 0.15) is 17.3 Å². The molecule has 7 nitrogen and oxygen atoms in total. The van der Waals surface area contributed by atoms with E-state index in [9.17, 15) is 17.6 Å². The Morgan fingerprint density at radius 2 is 1.84 bits per heavy atom. The molecule has 0 bridgehead atoms. The number of amides is 1. The van der Waals surface area contributed by atoms with E-state index in [2.05, 4.69) is 4.98 Å². The Morgan fingerprint density at radius 3 is 2.48 bits per heavy atom. The average Bonchev–Trinajstić information content (AvgIpc) is 3.11. The molecule has 0 saturated heterocycles. The number of rotatable bonds is 9. The lowest BCUT2D eigenvalue weighted by atomic mass is 10.3. The van der Waals surface area contributed by atoms with Crippen LogP contribution < -0.4 is 9.64 Å². The zero-order chi connectivity index (χ0) is 22.6. The smallest absolute Gasteiger partial charge is 0.244 e. The highest BCUT2D eigenvalue weighted by atomic mass is 32.2. The summed E-state index contributed by atoms with van der Waals surface area (Å²) in [6.07, 6.45) is 0. The van der Waals surface area contributed by atoms with Crippen molar-refractivity contribution in [3.63, 3.8) is 0 Å². The molecule has 0 N–H and O–H groups in total. The van der Waals surface area contributed by atoms with Crippen LogP contribution in [0, 0.1) is 5.82 Å². The van der Waals surface area contributed by atoms with Gasteiger partial charge in [0.15, 0.2) is 15.0 Å². The maximum atomic E-state index is 13.2. The van der Waals surface area contributed by atoms with Crippen molar-refractivity contribution in [3.05, 3.63) is 48.3 Å². The molecule has 0 spiro atoms. The highest BCUT2D eigenvalue weighted by Gasteiger charge is 2.26. The highest BCUT2D eigenvalue weighted by molar-refractivity contribution is 7.92. The lowest BCUT2D eigenvalue weighted by molar-refractivity contribution is -0.116. The fourth-order valence-corrected chi connectivity index (χ4v) is 5.09. The van der Waals surface area contributed by atoms with Gasteiger partial charge in [-0.15, -0.1) is 0 Å². The Hall–Kier alpha value is -2.56. The number of hydrogen-bond donors (Lipinski definition) is 0. The van der Waals surface area contributed by atoms with Crippen LogP contribution >= 0.6 is 11.3 Å². The van der Waals surface area contributed by atoms with Gasteiger partial charge in [-0.2, -0.15) is 0 Å². The van der Waals surface area contributed by atoms with Crippen LogP contribution in [0.25, 0.3) is 10.2 Å². The molecule has 0 unspecified atom stereocenters. The Balaban J connectivity index is 1.90. The van der Waals surface area contributed by atoms with Gasteiger partial charge in [-0.25, -0.2) is 17.8 Å². The van der Waals surface area contributed by atoms with Gasteiger partial charge in [0.2, 0.25) is 5.91 Å². The van der Waals surface area contributed by atoms with Crippen molar-refractivity contribution in [2.45, 2.75) is 11.8 Å². The molecule has 0 aliphatic rings. The molecule has 3 rings (SSSR count). The molecule has 1 amide bonds. The number of aromatic nitrogens is 1. The molecular formula is C21H24FN3O4S2. The van der Waals surface area contributed by atoms with Crippen LogP contribution in [0.5, 0.6) is 5.75 Å². The van der Waals surface area contributed by atoms with Crippen LogP contribution in [0.4, 0.5) is 9.52 Å². The number of thiazole rings is 1. The molecule has 166 valence electrons. The zero-order valence-corrected chi connectivity index (χ0v) is 19.2. The fraction of sp³-hybridized carbons (Fsp3) is 0.333. The second kappa shape index (κ2) is 9.71. The minimum atomic E-state index is -3.93. The largest absolute Gasteiger partial charge is 0.494 e. The van der Waals surface area contributed by atoms with Gasteiger partial charge in [-0.3, -0.25) is 9.69 Å². The molecule has 0 saturated carbocycles. The van der Waals surface area contributed by atoms with Crippen molar-refractivity contribution >= 4 is 42.4 Å². The SMILES string of the molecule is CCOc1ccc2nc(N(CCN(C)C)C(=O)CS(=O)(=O)c3ccc(F)cc3)sc2c1. The number of nitrogens with zero attached hydrogens (tertiary/aromatic N) is 3. The first kappa shape index (κ1) is 23.1. The van der Waals surface area contributed by atoms with Gasteiger partial charge in [0.05, 0.1) is 21.7 Å². The summed E-state index contributed by atoms with van der Waals surface area (Å²) in [6, 6.07) is 9.91. The maximum Gasteiger partial charge on any atom is 0.244 e. The summed E-state index contributed by atoms with van der Waals surface area (Å²) >= 11 is 1.30. The predicted molar refractivity (Wildman–Crippen MR) is 120 cm³/mol. The monoisotopic (exact) mass is 465 g/mol. The number of carbonyl (C=O) groups is 1. The molecule has 0 aliphatic heterocycles. The van der Waals surface area contributed by atoms with E-state index in [1.807, 2.05) is 38.1 Å². The summed E-state index contributed by atoms with van der Waals surface area (Å²) < 4.78 is 44.9. The third kappa shape index (κ3) is 5.78. The van der Waals surface area contributed by atoms with Crippen molar-refractivity contribution in [3.8, 4) is 5.75 Å². The van der Waals surface area contributed by atoms with Gasteiger partial charge in [-0.05, 0) is 63.5 Å². The van der Waals surface area contributed by atoms with Gasteiger partial charge < -0.3 is 9.64 Å². The van der Waals surface area contributed by atoms with E-state index in [0.29, 0.717) is 29.5 Å². The summed E-state index contributed by atoms with van der Waals surface area (Å²) in [7, 11) is -0.195. The second-order valence-electron chi connectivity index (χ2n) is 7.12. The lowest BCUT2D eigenvalue weighted by Crippen LogP contribution is -2.40. The lowest BCUT2D eigenvalue weighted by Gasteiger charge is -2.22. The van der Waals surface area contributed by atoms with Gasteiger partial charge >= 0.3 is 0 Å². The molecule has 31 heavy (non-hydrogen) atoms. The summed E-state index contributed by atoms with van der Waals surface area (Å²) in [6.45, 7) is 3.24. The van der Waals surface area contributed by atoms with Crippen molar-refractivity contribution < 1.29 is 22.3 Å². The molecule has 3 aromatic rings. The van der Waals surface area contributed by atoms with Crippen LogP contribution in [0.15, 0.2) is 47.4 Å². The van der Waals surface area contributed by atoms with Gasteiger partial charge in [0, 0.05) is 13.1 Å². The van der Waals surface area contributed by atoms with Crippen LogP contribution in [-0.2, 0) is 14.6 Å². The third-order valence-electron chi connectivity index (χ3n) is 4.45. The first-order valence-electron chi connectivity index (χ1n) is 9.66. The highest BCUT2D eigenvalue weighted by Crippen LogP contribution is 2.32. The van der Waals surface area contributed by atoms with E-state index < -0.39 is 27.3 Å². The number of likely N-dealkylation sites (N-methyl/N-ethyl adjacent to an activating group) is 1. The number of sulfone groups is 1. The van der Waals surface area contributed by atoms with E-state index >= 15 is 0 Å². The maximum absolute atomic E-state index is 13.2. The molecule has 10 heteroatoms. The van der Waals surface area contributed by atoms with E-state index in [0.717, 1.165) is 29.0 Å². The summed E-state index contributed by atoms with van der Waals surface area (Å²) in [5.41, 5.74) is 0.701. The first-order chi connectivity index (χ1) is 14.7. The molecule has 1 heterocycles. The van der Waals surface area contributed by atoms with Gasteiger partial charge in [-0.1, -0.05) is 11.3 Å². The third-order valence-corrected chi connectivity index (χ3v) is 7.11. The number of halogens is 1. The van der Waals surface area contributed by atoms with Crippen LogP contribution in [0.2, 0.25) is 0 Å². The fourth-order valence-electron chi connectivity index (χ4n) is 2.86. The molecular weight excluding hydrogens is 441 g/mol. The summed E-state index contributed by atoms with van der Waals surface area (Å²) in [4.78, 5) is 20.8. The number of anilines is 1. The number of hydrogen-bond acceptors (Lipinski definition) is 7. The zero-order valence-electron chi connectivity index (χ0n) is 17.5. The van der Waals surface area contributed by atoms with E-state index in [1.165, 1.54) is 16.2 Å². The normalized spacial score (nSPS) is 11.8. The Morgan fingerprint density at radius 1 is 1.13 bits per heavy atom.